The molecule has 1 aromatic heterocycles. The molecule has 0 radical (unpaired) electrons. The van der Waals surface area contributed by atoms with Crippen LogP contribution < -0.4 is 5.32 Å². The predicted octanol–water partition coefficient (Wildman–Crippen LogP) is 3.88. The van der Waals surface area contributed by atoms with E-state index < -0.39 is 10.3 Å². The van der Waals surface area contributed by atoms with Crippen LogP contribution in [0, 0.1) is 0 Å². The minimum atomic E-state index is -2.17. The van der Waals surface area contributed by atoms with Crippen LogP contribution in [0.3, 0.4) is 0 Å². The normalized spacial score (nSPS) is 21.9. The Kier molecular flexibility index (Phi) is 5.57. The van der Waals surface area contributed by atoms with Gasteiger partial charge in [-0.1, -0.05) is 42.5 Å². The number of fused-ring (bicyclic) bond motifs is 1. The van der Waals surface area contributed by atoms with Gasteiger partial charge in [-0.25, -0.2) is 0 Å². The Bertz CT molecular complexity index is 1170. The maximum Gasteiger partial charge on any atom is 0.257 e. The van der Waals surface area contributed by atoms with Crippen molar-refractivity contribution >= 4 is 26.4 Å². The molecule has 0 saturated heterocycles. The van der Waals surface area contributed by atoms with Crippen LogP contribution in [0.15, 0.2) is 89.3 Å². The lowest BCUT2D eigenvalue weighted by Gasteiger charge is -2.38. The zero-order valence-electron chi connectivity index (χ0n) is 17.6. The molecule has 1 N–H and O–H groups in total. The number of hydrogen-bond donors (Lipinski definition) is 1. The van der Waals surface area contributed by atoms with Gasteiger partial charge in [0.1, 0.15) is 5.04 Å². The molecule has 0 spiro atoms. The number of aromatic nitrogens is 1. The number of nitrogens with one attached hydrogen (secondary N) is 1. The molecule has 8 heteroatoms. The van der Waals surface area contributed by atoms with Gasteiger partial charge in [-0.2, -0.15) is 0 Å². The minimum absolute atomic E-state index is 0.228. The molecule has 0 fully saturated rings. The molecule has 1 atom stereocenters. The number of nitrogens with zero attached hydrogens (tertiary/aromatic N) is 4. The number of rotatable bonds is 5. The van der Waals surface area contributed by atoms with E-state index in [9.17, 15) is 4.79 Å². The summed E-state index contributed by atoms with van der Waals surface area (Å²) in [5.41, 5.74) is 4.07. The second kappa shape index (κ2) is 8.66. The van der Waals surface area contributed by atoms with E-state index in [2.05, 4.69) is 49.7 Å². The Labute approximate surface area is 188 Å². The molecular formula is C24H23N5O2S. The lowest BCUT2D eigenvalue weighted by atomic mass is 10.1. The molecule has 0 bridgehead atoms. The second-order valence-corrected chi connectivity index (χ2v) is 10.3. The van der Waals surface area contributed by atoms with Crippen LogP contribution >= 0.6 is 10.3 Å². The van der Waals surface area contributed by atoms with Crippen molar-refractivity contribution in [3.05, 3.63) is 101 Å². The summed E-state index contributed by atoms with van der Waals surface area (Å²) in [4.78, 5) is 19.4. The van der Waals surface area contributed by atoms with Gasteiger partial charge in [0.15, 0.2) is 0 Å². The number of amidine groups is 1. The van der Waals surface area contributed by atoms with Crippen LogP contribution in [0.25, 0.3) is 0 Å². The summed E-state index contributed by atoms with van der Waals surface area (Å²) in [7, 11) is -0.500. The first-order chi connectivity index (χ1) is 15.7. The lowest BCUT2D eigenvalue weighted by molar-refractivity contribution is 0.0977. The molecule has 3 aromatic rings. The first-order valence-corrected chi connectivity index (χ1v) is 12.0. The second-order valence-electron chi connectivity index (χ2n) is 7.59. The molecule has 1 unspecified atom stereocenters. The fourth-order valence-electron chi connectivity index (χ4n) is 4.01. The number of hydrogen-bond acceptors (Lipinski definition) is 6. The van der Waals surface area contributed by atoms with E-state index in [0.29, 0.717) is 16.6 Å². The molecule has 5 rings (SSSR count). The fraction of sp³-hybridized carbons (Fsp3) is 0.167. The Hall–Kier alpha value is -3.33. The highest BCUT2D eigenvalue weighted by atomic mass is 32.3. The molecule has 1 amide bonds. The number of pyridine rings is 1. The van der Waals surface area contributed by atoms with Gasteiger partial charge < -0.3 is 4.18 Å². The number of carbonyl (C=O) groups excluding carboxylic acids is 1. The van der Waals surface area contributed by atoms with Gasteiger partial charge in [-0.05, 0) is 45.7 Å². The van der Waals surface area contributed by atoms with Gasteiger partial charge in [0.25, 0.3) is 5.91 Å². The summed E-state index contributed by atoms with van der Waals surface area (Å²) in [6.07, 6.45) is 3.45. The van der Waals surface area contributed by atoms with Gasteiger partial charge in [-0.3, -0.25) is 20.0 Å². The predicted molar refractivity (Wildman–Crippen MR) is 127 cm³/mol. The number of carbonyl (C=O) groups is 1. The molecule has 2 aliphatic heterocycles. The third-order valence-electron chi connectivity index (χ3n) is 5.60. The molecule has 32 heavy (non-hydrogen) atoms. The van der Waals surface area contributed by atoms with Crippen molar-refractivity contribution in [1.29, 1.82) is 0 Å². The maximum absolute atomic E-state index is 13.0. The molecular weight excluding hydrogens is 422 g/mol. The Morgan fingerprint density at radius 2 is 1.62 bits per heavy atom. The van der Waals surface area contributed by atoms with Gasteiger partial charge >= 0.3 is 0 Å². The van der Waals surface area contributed by atoms with Crippen LogP contribution in [0.4, 0.5) is 0 Å². The van der Waals surface area contributed by atoms with Crippen molar-refractivity contribution < 1.29 is 8.98 Å². The van der Waals surface area contributed by atoms with Gasteiger partial charge in [0.05, 0.1) is 5.88 Å². The summed E-state index contributed by atoms with van der Waals surface area (Å²) in [5, 5.41) is 13.1. The Morgan fingerprint density at radius 3 is 2.28 bits per heavy atom. The highest BCUT2D eigenvalue weighted by molar-refractivity contribution is 8.53. The maximum atomic E-state index is 13.0. The van der Waals surface area contributed by atoms with E-state index in [1.807, 2.05) is 30.3 Å². The fourth-order valence-corrected chi connectivity index (χ4v) is 6.67. The third-order valence-corrected chi connectivity index (χ3v) is 8.64. The summed E-state index contributed by atoms with van der Waals surface area (Å²) >= 11 is 0. The molecule has 2 aromatic carbocycles. The van der Waals surface area contributed by atoms with Crippen molar-refractivity contribution in [2.24, 2.45) is 10.2 Å². The van der Waals surface area contributed by atoms with Crippen LogP contribution in [0.5, 0.6) is 0 Å². The molecule has 7 nitrogen and oxygen atoms in total. The molecule has 0 saturated carbocycles. The minimum Gasteiger partial charge on any atom is -0.326 e. The van der Waals surface area contributed by atoms with E-state index in [0.717, 1.165) is 23.7 Å². The molecule has 3 heterocycles. The highest BCUT2D eigenvalue weighted by Gasteiger charge is 2.44. The standard InChI is InChI=1S/C24H23N5O2S/c1-31-32(17-29-15-20-9-5-6-10-21(20)16-29)23(19-11-13-25-14-12-19)27-28-24(32)26-22(30)18-7-3-2-4-8-18/h2-14H,15-17H2,1H3,(H,26,28,30). The third kappa shape index (κ3) is 3.73. The van der Waals surface area contributed by atoms with Crippen LogP contribution in [0.1, 0.15) is 27.0 Å². The SMILES string of the molecule is COS1(CN2Cc3ccccc3C2)C(NC(=O)c2ccccc2)=NN=C1c1ccncc1. The van der Waals surface area contributed by atoms with Gasteiger partial charge in [0, 0.05) is 43.7 Å². The van der Waals surface area contributed by atoms with Crippen molar-refractivity contribution in [2.75, 3.05) is 13.0 Å². The number of amides is 1. The molecule has 162 valence electrons. The van der Waals surface area contributed by atoms with E-state index in [-0.39, 0.29) is 5.91 Å². The average molecular weight is 446 g/mol. The van der Waals surface area contributed by atoms with Crippen molar-refractivity contribution in [1.82, 2.24) is 15.2 Å². The van der Waals surface area contributed by atoms with Crippen LogP contribution in [-0.2, 0) is 17.3 Å². The quantitative estimate of drug-likeness (QED) is 0.646. The Morgan fingerprint density at radius 1 is 0.969 bits per heavy atom. The highest BCUT2D eigenvalue weighted by Crippen LogP contribution is 2.56. The smallest absolute Gasteiger partial charge is 0.257 e. The zero-order valence-corrected chi connectivity index (χ0v) is 18.5. The summed E-state index contributed by atoms with van der Waals surface area (Å²) < 4.78 is 6.22. The van der Waals surface area contributed by atoms with Gasteiger partial charge in [-0.15, -0.1) is 10.2 Å². The van der Waals surface area contributed by atoms with Gasteiger partial charge in [0.2, 0.25) is 5.17 Å². The topological polar surface area (TPSA) is 79.2 Å². The summed E-state index contributed by atoms with van der Waals surface area (Å²) in [5.74, 6) is 0.349. The van der Waals surface area contributed by atoms with Crippen molar-refractivity contribution in [3.8, 4) is 0 Å². The molecule has 2 aliphatic rings. The lowest BCUT2D eigenvalue weighted by Crippen LogP contribution is -2.40. The Balaban J connectivity index is 1.47. The van der Waals surface area contributed by atoms with E-state index in [1.54, 1.807) is 31.6 Å². The van der Waals surface area contributed by atoms with Crippen LogP contribution in [0.2, 0.25) is 0 Å². The van der Waals surface area contributed by atoms with Crippen molar-refractivity contribution in [2.45, 2.75) is 13.1 Å². The van der Waals surface area contributed by atoms with E-state index in [4.69, 9.17) is 4.18 Å². The van der Waals surface area contributed by atoms with Crippen LogP contribution in [-0.4, -0.2) is 39.0 Å². The average Bonchev–Trinajstić information content (AvgIpc) is 3.41. The monoisotopic (exact) mass is 445 g/mol. The van der Waals surface area contributed by atoms with E-state index >= 15 is 0 Å². The molecule has 0 aliphatic carbocycles. The zero-order chi connectivity index (χ0) is 22.0. The van der Waals surface area contributed by atoms with E-state index in [1.165, 1.54) is 11.1 Å². The first-order valence-electron chi connectivity index (χ1n) is 10.3. The summed E-state index contributed by atoms with van der Waals surface area (Å²) in [6, 6.07) is 21.3. The number of benzene rings is 2. The van der Waals surface area contributed by atoms with Crippen molar-refractivity contribution in [3.63, 3.8) is 0 Å². The first kappa shape index (κ1) is 20.6. The summed E-state index contributed by atoms with van der Waals surface area (Å²) in [6.45, 7) is 1.63. The largest absolute Gasteiger partial charge is 0.326 e.